The Hall–Kier alpha value is -3.64. The monoisotopic (exact) mass is 453 g/mol. The molecule has 166 valence electrons. The van der Waals surface area contributed by atoms with Gasteiger partial charge >= 0.3 is 12.4 Å². The van der Waals surface area contributed by atoms with Crippen molar-refractivity contribution in [3.63, 3.8) is 0 Å². The largest absolute Gasteiger partial charge is 0.434 e. The molecule has 0 spiro atoms. The predicted octanol–water partition coefficient (Wildman–Crippen LogP) is 4.04. The summed E-state index contributed by atoms with van der Waals surface area (Å²) in [5.41, 5.74) is -0.855. The molecule has 7 nitrogen and oxygen atoms in total. The number of imidazole rings is 1. The van der Waals surface area contributed by atoms with Gasteiger partial charge in [-0.05, 0) is 18.2 Å². The Balaban J connectivity index is 1.67. The summed E-state index contributed by atoms with van der Waals surface area (Å²) in [5, 5.41) is 4.29. The predicted molar refractivity (Wildman–Crippen MR) is 98.7 cm³/mol. The molecule has 0 saturated carbocycles. The molecule has 0 saturated heterocycles. The van der Waals surface area contributed by atoms with Gasteiger partial charge in [0.05, 0.1) is 41.2 Å². The number of nitrogens with one attached hydrogen (secondary N) is 1. The smallest absolute Gasteiger partial charge is 0.348 e. The molecule has 5 rings (SSSR count). The lowest BCUT2D eigenvalue weighted by Gasteiger charge is -2.34. The summed E-state index contributed by atoms with van der Waals surface area (Å²) in [4.78, 5) is 16.1. The Kier molecular flexibility index (Phi) is 4.39. The number of pyridine rings is 1. The van der Waals surface area contributed by atoms with Crippen molar-refractivity contribution in [2.45, 2.75) is 24.8 Å². The van der Waals surface area contributed by atoms with Gasteiger partial charge in [0.1, 0.15) is 11.9 Å². The highest BCUT2D eigenvalue weighted by molar-refractivity contribution is 5.59. The van der Waals surface area contributed by atoms with Crippen LogP contribution in [0.3, 0.4) is 0 Å². The number of alkyl halides is 6. The van der Waals surface area contributed by atoms with Crippen molar-refractivity contribution in [2.75, 3.05) is 11.4 Å². The molecule has 0 aromatic carbocycles. The molecule has 1 aliphatic heterocycles. The zero-order valence-electron chi connectivity index (χ0n) is 16.0. The van der Waals surface area contributed by atoms with Gasteiger partial charge in [-0.25, -0.2) is 14.5 Å². The number of hydrogen-bond acceptors (Lipinski definition) is 5. The first-order chi connectivity index (χ1) is 15.1. The van der Waals surface area contributed by atoms with Crippen LogP contribution >= 0.6 is 0 Å². The van der Waals surface area contributed by atoms with E-state index in [2.05, 4.69) is 25.0 Å². The maximum absolute atomic E-state index is 13.5. The Morgan fingerprint density at radius 2 is 1.88 bits per heavy atom. The third kappa shape index (κ3) is 3.33. The zero-order valence-corrected chi connectivity index (χ0v) is 16.0. The van der Waals surface area contributed by atoms with Crippen molar-refractivity contribution in [3.05, 3.63) is 71.5 Å². The number of halogens is 6. The lowest BCUT2D eigenvalue weighted by molar-refractivity contribution is -0.141. The van der Waals surface area contributed by atoms with Crippen LogP contribution in [-0.2, 0) is 18.8 Å². The molecule has 0 unspecified atom stereocenters. The fourth-order valence-electron chi connectivity index (χ4n) is 3.86. The van der Waals surface area contributed by atoms with Crippen LogP contribution in [-0.4, -0.2) is 36.1 Å². The highest BCUT2D eigenvalue weighted by atomic mass is 19.4. The van der Waals surface area contributed by atoms with Crippen LogP contribution in [0.2, 0.25) is 0 Å². The molecule has 4 aromatic rings. The van der Waals surface area contributed by atoms with Gasteiger partial charge in [-0.15, -0.1) is 0 Å². The number of nitrogens with zero attached hydrogens (tertiary/aromatic N) is 6. The number of aromatic amines is 1. The van der Waals surface area contributed by atoms with Crippen LogP contribution in [0.4, 0.5) is 32.2 Å². The van der Waals surface area contributed by atoms with E-state index in [4.69, 9.17) is 0 Å². The van der Waals surface area contributed by atoms with E-state index < -0.39 is 29.7 Å². The topological polar surface area (TPSA) is 75.0 Å². The molecule has 1 atom stereocenters. The van der Waals surface area contributed by atoms with E-state index in [1.807, 2.05) is 0 Å². The van der Waals surface area contributed by atoms with E-state index in [1.54, 1.807) is 0 Å². The van der Waals surface area contributed by atoms with Gasteiger partial charge in [0.25, 0.3) is 0 Å². The van der Waals surface area contributed by atoms with Crippen LogP contribution < -0.4 is 4.90 Å². The van der Waals surface area contributed by atoms with Crippen LogP contribution in [0.15, 0.2) is 43.1 Å². The Labute approximate surface area is 175 Å². The first-order valence-corrected chi connectivity index (χ1v) is 9.36. The summed E-state index contributed by atoms with van der Waals surface area (Å²) in [6.07, 6.45) is -4.29. The van der Waals surface area contributed by atoms with Gasteiger partial charge in [0, 0.05) is 24.9 Å². The maximum atomic E-state index is 13.5. The van der Waals surface area contributed by atoms with Crippen molar-refractivity contribution in [3.8, 4) is 0 Å². The Morgan fingerprint density at radius 1 is 1.06 bits per heavy atom. The summed E-state index contributed by atoms with van der Waals surface area (Å²) in [6, 6.07) is 2.58. The molecule has 5 heterocycles. The SMILES string of the molecule is FC(F)(F)c1cncc(N2CCc3[nH]cnc3[C@@H]2c2cc3c(C(F)(F)F)cccn3n2)n1. The summed E-state index contributed by atoms with van der Waals surface area (Å²) in [5.74, 6) is -0.0772. The molecule has 4 aromatic heterocycles. The van der Waals surface area contributed by atoms with Crippen molar-refractivity contribution in [2.24, 2.45) is 0 Å². The Morgan fingerprint density at radius 3 is 2.62 bits per heavy atom. The van der Waals surface area contributed by atoms with Crippen molar-refractivity contribution in [1.82, 2.24) is 29.5 Å². The lowest BCUT2D eigenvalue weighted by Crippen LogP contribution is -2.37. The van der Waals surface area contributed by atoms with Gasteiger partial charge in [-0.1, -0.05) is 0 Å². The number of anilines is 1. The van der Waals surface area contributed by atoms with E-state index in [0.29, 0.717) is 18.3 Å². The van der Waals surface area contributed by atoms with E-state index in [1.165, 1.54) is 35.8 Å². The van der Waals surface area contributed by atoms with Gasteiger partial charge in [-0.3, -0.25) is 4.98 Å². The number of hydrogen-bond donors (Lipinski definition) is 1. The van der Waals surface area contributed by atoms with Crippen LogP contribution in [0.25, 0.3) is 5.52 Å². The van der Waals surface area contributed by atoms with E-state index in [-0.39, 0.29) is 23.6 Å². The number of aromatic nitrogens is 6. The molecule has 1 N–H and O–H groups in total. The number of fused-ring (bicyclic) bond motifs is 2. The second kappa shape index (κ2) is 6.93. The summed E-state index contributed by atoms with van der Waals surface area (Å²) >= 11 is 0. The molecule has 0 aliphatic carbocycles. The summed E-state index contributed by atoms with van der Waals surface area (Å²) in [7, 11) is 0. The van der Waals surface area contributed by atoms with E-state index in [0.717, 1.165) is 16.3 Å². The minimum Gasteiger partial charge on any atom is -0.348 e. The lowest BCUT2D eigenvalue weighted by atomic mass is 9.99. The number of rotatable bonds is 2. The molecule has 0 bridgehead atoms. The molecule has 0 fully saturated rings. The van der Waals surface area contributed by atoms with E-state index >= 15 is 0 Å². The average molecular weight is 453 g/mol. The average Bonchev–Trinajstić information content (AvgIpc) is 3.38. The molecule has 0 radical (unpaired) electrons. The second-order valence-corrected chi connectivity index (χ2v) is 7.19. The van der Waals surface area contributed by atoms with Gasteiger partial charge < -0.3 is 9.88 Å². The summed E-state index contributed by atoms with van der Waals surface area (Å²) < 4.78 is 81.0. The van der Waals surface area contributed by atoms with Gasteiger partial charge in [-0.2, -0.15) is 31.4 Å². The summed E-state index contributed by atoms with van der Waals surface area (Å²) in [6.45, 7) is 0.232. The van der Waals surface area contributed by atoms with E-state index in [9.17, 15) is 26.3 Å². The number of H-pyrrole nitrogens is 1. The molecule has 32 heavy (non-hydrogen) atoms. The highest BCUT2D eigenvalue weighted by Gasteiger charge is 2.38. The fraction of sp³-hybridized carbons (Fsp3) is 0.263. The van der Waals surface area contributed by atoms with Crippen LogP contribution in [0.5, 0.6) is 0 Å². The molecule has 0 amide bonds. The van der Waals surface area contributed by atoms with Gasteiger partial charge in [0.2, 0.25) is 0 Å². The highest BCUT2D eigenvalue weighted by Crippen LogP contribution is 2.39. The third-order valence-corrected chi connectivity index (χ3v) is 5.24. The van der Waals surface area contributed by atoms with Crippen molar-refractivity contribution < 1.29 is 26.3 Å². The standard InChI is InChI=1S/C19H13F6N7/c20-18(21,22)10-2-1-4-32-13(10)6-12(30-32)17-16-11(27-9-28-16)3-5-31(17)15-8-26-7-14(29-15)19(23,24)25/h1-2,4,6-9,17H,3,5H2,(H,27,28)/t17-/m0/s1. The van der Waals surface area contributed by atoms with Crippen LogP contribution in [0, 0.1) is 0 Å². The Bertz CT molecular complexity index is 1290. The molecule has 1 aliphatic rings. The third-order valence-electron chi connectivity index (χ3n) is 5.24. The van der Waals surface area contributed by atoms with Gasteiger partial charge in [0.15, 0.2) is 5.69 Å². The minimum atomic E-state index is -4.70. The van der Waals surface area contributed by atoms with Crippen molar-refractivity contribution in [1.29, 1.82) is 0 Å². The first-order valence-electron chi connectivity index (χ1n) is 9.36. The molecule has 13 heteroatoms. The fourth-order valence-corrected chi connectivity index (χ4v) is 3.86. The second-order valence-electron chi connectivity index (χ2n) is 7.19. The maximum Gasteiger partial charge on any atom is 0.434 e. The van der Waals surface area contributed by atoms with Crippen LogP contribution in [0.1, 0.15) is 34.4 Å². The quantitative estimate of drug-likeness (QED) is 0.464. The first kappa shape index (κ1) is 20.3. The normalized spacial score (nSPS) is 17.1. The van der Waals surface area contributed by atoms with Crippen molar-refractivity contribution >= 4 is 11.3 Å². The molecular formula is C19H13F6N7. The minimum absolute atomic E-state index is 0.0772. The molecular weight excluding hydrogens is 440 g/mol. The zero-order chi connectivity index (χ0) is 22.7.